The normalized spacial score (nSPS) is 23.4. The molecule has 1 aliphatic heterocycles. The number of nitrogens with zero attached hydrogens (tertiary/aromatic N) is 3. The molecule has 1 unspecified atom stereocenters. The lowest BCUT2D eigenvalue weighted by molar-refractivity contribution is 0.263. The van der Waals surface area contributed by atoms with Gasteiger partial charge in [-0.15, -0.1) is 0 Å². The van der Waals surface area contributed by atoms with Crippen molar-refractivity contribution in [1.82, 2.24) is 9.97 Å². The zero-order chi connectivity index (χ0) is 12.4. The van der Waals surface area contributed by atoms with E-state index < -0.39 is 0 Å². The Hall–Kier alpha value is -1.36. The van der Waals surface area contributed by atoms with E-state index in [1.54, 1.807) is 6.33 Å². The molecule has 0 amide bonds. The molecule has 1 saturated heterocycles. The van der Waals surface area contributed by atoms with Gasteiger partial charge in [0.25, 0.3) is 0 Å². The molecule has 0 aromatic carbocycles. The van der Waals surface area contributed by atoms with Crippen LogP contribution in [-0.2, 0) is 0 Å². The van der Waals surface area contributed by atoms with E-state index in [1.807, 2.05) is 6.07 Å². The van der Waals surface area contributed by atoms with Crippen molar-refractivity contribution in [3.05, 3.63) is 12.4 Å². The molecule has 2 heterocycles. The largest absolute Gasteiger partial charge is 0.396 e. The van der Waals surface area contributed by atoms with Gasteiger partial charge in [-0.25, -0.2) is 9.97 Å². The van der Waals surface area contributed by atoms with Gasteiger partial charge < -0.3 is 15.3 Å². The Morgan fingerprint density at radius 3 is 3.00 bits per heavy atom. The topological polar surface area (TPSA) is 61.3 Å². The molecule has 0 spiro atoms. The van der Waals surface area contributed by atoms with Gasteiger partial charge in [0.2, 0.25) is 0 Å². The van der Waals surface area contributed by atoms with Crippen molar-refractivity contribution in [3.63, 3.8) is 0 Å². The van der Waals surface area contributed by atoms with Gasteiger partial charge in [0, 0.05) is 31.8 Å². The first kappa shape index (κ1) is 11.7. The van der Waals surface area contributed by atoms with Crippen LogP contribution in [0.5, 0.6) is 0 Å². The molecule has 98 valence electrons. The highest BCUT2D eigenvalue weighted by Crippen LogP contribution is 2.27. The Morgan fingerprint density at radius 1 is 1.33 bits per heavy atom. The zero-order valence-corrected chi connectivity index (χ0v) is 10.5. The summed E-state index contributed by atoms with van der Waals surface area (Å²) in [7, 11) is 0. The third-order valence-corrected chi connectivity index (χ3v) is 3.73. The molecular weight excluding hydrogens is 228 g/mol. The Morgan fingerprint density at radius 2 is 2.22 bits per heavy atom. The third kappa shape index (κ3) is 2.72. The highest BCUT2D eigenvalue weighted by atomic mass is 16.3. The number of nitrogens with one attached hydrogen (secondary N) is 1. The van der Waals surface area contributed by atoms with Gasteiger partial charge in [-0.05, 0) is 31.6 Å². The fourth-order valence-electron chi connectivity index (χ4n) is 2.49. The Bertz CT molecular complexity index is 408. The van der Waals surface area contributed by atoms with Crippen molar-refractivity contribution in [2.75, 3.05) is 29.9 Å². The predicted octanol–water partition coefficient (Wildman–Crippen LogP) is 1.26. The molecule has 5 nitrogen and oxygen atoms in total. The first-order chi connectivity index (χ1) is 8.85. The summed E-state index contributed by atoms with van der Waals surface area (Å²) in [5, 5.41) is 12.4. The zero-order valence-electron chi connectivity index (χ0n) is 10.5. The molecule has 1 saturated carbocycles. The van der Waals surface area contributed by atoms with Crippen molar-refractivity contribution >= 4 is 11.6 Å². The SMILES string of the molecule is OCCC1CCN(c2cc(NC3CC3)ncn2)C1. The van der Waals surface area contributed by atoms with E-state index in [2.05, 4.69) is 20.2 Å². The van der Waals surface area contributed by atoms with Crippen LogP contribution in [-0.4, -0.2) is 40.8 Å². The lowest BCUT2D eigenvalue weighted by Crippen LogP contribution is -2.21. The summed E-state index contributed by atoms with van der Waals surface area (Å²) in [6.45, 7) is 2.32. The molecule has 5 heteroatoms. The van der Waals surface area contributed by atoms with Gasteiger partial charge in [-0.2, -0.15) is 0 Å². The lowest BCUT2D eigenvalue weighted by atomic mass is 10.1. The summed E-state index contributed by atoms with van der Waals surface area (Å²) in [4.78, 5) is 10.9. The molecule has 18 heavy (non-hydrogen) atoms. The fraction of sp³-hybridized carbons (Fsp3) is 0.692. The minimum atomic E-state index is 0.288. The summed E-state index contributed by atoms with van der Waals surface area (Å²) in [5.41, 5.74) is 0. The third-order valence-electron chi connectivity index (χ3n) is 3.73. The second-order valence-corrected chi connectivity index (χ2v) is 5.29. The first-order valence-electron chi connectivity index (χ1n) is 6.79. The molecule has 0 radical (unpaired) electrons. The Labute approximate surface area is 107 Å². The van der Waals surface area contributed by atoms with Crippen LogP contribution in [0.2, 0.25) is 0 Å². The van der Waals surface area contributed by atoms with Crippen LogP contribution in [0.4, 0.5) is 11.6 Å². The van der Waals surface area contributed by atoms with E-state index in [-0.39, 0.29) is 6.61 Å². The predicted molar refractivity (Wildman–Crippen MR) is 70.7 cm³/mol. The van der Waals surface area contributed by atoms with Crippen molar-refractivity contribution in [2.45, 2.75) is 31.7 Å². The number of aliphatic hydroxyl groups excluding tert-OH is 1. The number of hydrogen-bond donors (Lipinski definition) is 2. The van der Waals surface area contributed by atoms with E-state index >= 15 is 0 Å². The van der Waals surface area contributed by atoms with Crippen LogP contribution >= 0.6 is 0 Å². The Kier molecular flexibility index (Phi) is 3.32. The van der Waals surface area contributed by atoms with Crippen molar-refractivity contribution < 1.29 is 5.11 Å². The monoisotopic (exact) mass is 248 g/mol. The van der Waals surface area contributed by atoms with E-state index in [0.29, 0.717) is 12.0 Å². The van der Waals surface area contributed by atoms with E-state index in [4.69, 9.17) is 5.11 Å². The quantitative estimate of drug-likeness (QED) is 0.821. The fourth-order valence-corrected chi connectivity index (χ4v) is 2.49. The van der Waals surface area contributed by atoms with Crippen LogP contribution in [0.25, 0.3) is 0 Å². The van der Waals surface area contributed by atoms with Crippen LogP contribution < -0.4 is 10.2 Å². The summed E-state index contributed by atoms with van der Waals surface area (Å²) in [6, 6.07) is 2.66. The van der Waals surface area contributed by atoms with Crippen LogP contribution in [0.3, 0.4) is 0 Å². The highest BCUT2D eigenvalue weighted by Gasteiger charge is 2.24. The van der Waals surface area contributed by atoms with Gasteiger partial charge in [0.1, 0.15) is 18.0 Å². The smallest absolute Gasteiger partial charge is 0.134 e. The summed E-state index contributed by atoms with van der Waals surface area (Å²) >= 11 is 0. The number of aromatic nitrogens is 2. The van der Waals surface area contributed by atoms with Crippen LogP contribution in [0, 0.1) is 5.92 Å². The van der Waals surface area contributed by atoms with Crippen molar-refractivity contribution in [1.29, 1.82) is 0 Å². The maximum atomic E-state index is 8.98. The maximum Gasteiger partial charge on any atom is 0.134 e. The second kappa shape index (κ2) is 5.10. The summed E-state index contributed by atoms with van der Waals surface area (Å²) < 4.78 is 0. The molecule has 2 N–H and O–H groups in total. The molecule has 1 atom stereocenters. The van der Waals surface area contributed by atoms with Crippen LogP contribution in [0.1, 0.15) is 25.7 Å². The molecule has 2 fully saturated rings. The van der Waals surface area contributed by atoms with Crippen LogP contribution in [0.15, 0.2) is 12.4 Å². The molecule has 3 rings (SSSR count). The molecule has 1 aromatic rings. The van der Waals surface area contributed by atoms with Gasteiger partial charge in [0.15, 0.2) is 0 Å². The van der Waals surface area contributed by atoms with E-state index in [1.165, 1.54) is 12.8 Å². The van der Waals surface area contributed by atoms with E-state index in [9.17, 15) is 0 Å². The molecule has 1 aliphatic carbocycles. The molecule has 2 aliphatic rings. The van der Waals surface area contributed by atoms with Gasteiger partial charge >= 0.3 is 0 Å². The van der Waals surface area contributed by atoms with Crippen molar-refractivity contribution in [3.8, 4) is 0 Å². The average Bonchev–Trinajstić information content (AvgIpc) is 3.06. The second-order valence-electron chi connectivity index (χ2n) is 5.29. The average molecular weight is 248 g/mol. The summed E-state index contributed by atoms with van der Waals surface area (Å²) in [6.07, 6.45) is 6.19. The minimum Gasteiger partial charge on any atom is -0.396 e. The number of aliphatic hydroxyl groups is 1. The first-order valence-corrected chi connectivity index (χ1v) is 6.79. The maximum absolute atomic E-state index is 8.98. The van der Waals surface area contributed by atoms with E-state index in [0.717, 1.165) is 37.6 Å². The summed E-state index contributed by atoms with van der Waals surface area (Å²) in [5.74, 6) is 2.55. The van der Waals surface area contributed by atoms with Gasteiger partial charge in [-0.3, -0.25) is 0 Å². The minimum absolute atomic E-state index is 0.288. The molecular formula is C13H20N4O. The Balaban J connectivity index is 1.64. The van der Waals surface area contributed by atoms with Gasteiger partial charge in [0.05, 0.1) is 0 Å². The number of rotatable bonds is 5. The number of hydrogen-bond acceptors (Lipinski definition) is 5. The number of anilines is 2. The van der Waals surface area contributed by atoms with Crippen molar-refractivity contribution in [2.24, 2.45) is 5.92 Å². The standard InChI is InChI=1S/C13H20N4O/c18-6-4-10-3-5-17(8-10)13-7-12(14-9-15-13)16-11-1-2-11/h7,9-11,18H,1-6,8H2,(H,14,15,16). The lowest BCUT2D eigenvalue weighted by Gasteiger charge is -2.17. The molecule has 1 aromatic heterocycles. The molecule has 0 bridgehead atoms. The van der Waals surface area contributed by atoms with Gasteiger partial charge in [-0.1, -0.05) is 0 Å². The highest BCUT2D eigenvalue weighted by molar-refractivity contribution is 5.50.